The minimum Gasteiger partial charge on any atom is -0.316 e. The third-order valence-corrected chi connectivity index (χ3v) is 3.70. The van der Waals surface area contributed by atoms with Crippen LogP contribution >= 0.6 is 22.9 Å². The second-order valence-corrected chi connectivity index (χ2v) is 6.25. The maximum atomic E-state index is 8.84. The maximum absolute atomic E-state index is 8.84. The van der Waals surface area contributed by atoms with Crippen LogP contribution in [0.1, 0.15) is 25.1 Å². The molecule has 4 heteroatoms. The topological polar surface area (TPSA) is 35.8 Å². The van der Waals surface area contributed by atoms with Crippen LogP contribution in [-0.2, 0) is 6.42 Å². The molecule has 0 radical (unpaired) electrons. The molecule has 0 saturated heterocycles. The van der Waals surface area contributed by atoms with Gasteiger partial charge in [0.1, 0.15) is 0 Å². The first-order valence-electron chi connectivity index (χ1n) is 5.40. The van der Waals surface area contributed by atoms with Crippen molar-refractivity contribution in [3.8, 4) is 6.07 Å². The highest BCUT2D eigenvalue weighted by molar-refractivity contribution is 7.16. The van der Waals surface area contributed by atoms with Crippen LogP contribution < -0.4 is 5.32 Å². The van der Waals surface area contributed by atoms with Gasteiger partial charge in [0.2, 0.25) is 0 Å². The molecular formula is C12H17ClN2S. The van der Waals surface area contributed by atoms with Crippen molar-refractivity contribution in [2.45, 2.75) is 26.7 Å². The Morgan fingerprint density at radius 2 is 2.19 bits per heavy atom. The first kappa shape index (κ1) is 13.5. The van der Waals surface area contributed by atoms with Crippen molar-refractivity contribution in [1.29, 1.82) is 5.26 Å². The molecule has 0 atom stereocenters. The van der Waals surface area contributed by atoms with E-state index in [-0.39, 0.29) is 5.41 Å². The standard InChI is InChI=1S/C12H17ClN2S/c1-12(2,9-14)6-8-15-7-5-10-3-4-11(13)16-10/h3-4,15H,5-8H2,1-2H3. The second-order valence-electron chi connectivity index (χ2n) is 4.45. The number of rotatable bonds is 6. The number of nitrogens with one attached hydrogen (secondary N) is 1. The summed E-state index contributed by atoms with van der Waals surface area (Å²) in [6.45, 7) is 5.76. The van der Waals surface area contributed by atoms with E-state index < -0.39 is 0 Å². The van der Waals surface area contributed by atoms with Gasteiger partial charge in [0.25, 0.3) is 0 Å². The average Bonchev–Trinajstić information content (AvgIpc) is 2.64. The normalized spacial score (nSPS) is 11.4. The Balaban J connectivity index is 2.11. The van der Waals surface area contributed by atoms with Gasteiger partial charge in [-0.1, -0.05) is 11.6 Å². The summed E-state index contributed by atoms with van der Waals surface area (Å²) in [5, 5.41) is 12.2. The van der Waals surface area contributed by atoms with E-state index in [2.05, 4.69) is 17.5 Å². The number of hydrogen-bond acceptors (Lipinski definition) is 3. The number of hydrogen-bond donors (Lipinski definition) is 1. The van der Waals surface area contributed by atoms with Gasteiger partial charge in [0.05, 0.1) is 15.8 Å². The van der Waals surface area contributed by atoms with Gasteiger partial charge >= 0.3 is 0 Å². The lowest BCUT2D eigenvalue weighted by molar-refractivity contribution is 0.434. The first-order valence-corrected chi connectivity index (χ1v) is 6.59. The van der Waals surface area contributed by atoms with Gasteiger partial charge < -0.3 is 5.32 Å². The molecule has 0 bridgehead atoms. The van der Waals surface area contributed by atoms with Crippen LogP contribution in [0, 0.1) is 16.7 Å². The van der Waals surface area contributed by atoms with Crippen molar-refractivity contribution in [2.24, 2.45) is 5.41 Å². The highest BCUT2D eigenvalue weighted by Gasteiger charge is 2.15. The van der Waals surface area contributed by atoms with E-state index in [9.17, 15) is 0 Å². The average molecular weight is 257 g/mol. The lowest BCUT2D eigenvalue weighted by Gasteiger charge is -2.14. The van der Waals surface area contributed by atoms with E-state index in [0.717, 1.165) is 30.3 Å². The van der Waals surface area contributed by atoms with Gasteiger partial charge in [-0.25, -0.2) is 0 Å². The summed E-state index contributed by atoms with van der Waals surface area (Å²) < 4.78 is 0.848. The van der Waals surface area contributed by atoms with Crippen molar-refractivity contribution in [3.63, 3.8) is 0 Å². The summed E-state index contributed by atoms with van der Waals surface area (Å²) in [5.74, 6) is 0. The number of nitriles is 1. The molecule has 1 heterocycles. The number of thiophene rings is 1. The molecule has 0 aliphatic carbocycles. The molecule has 0 aliphatic rings. The van der Waals surface area contributed by atoms with Gasteiger partial charge in [0.15, 0.2) is 0 Å². The predicted molar refractivity (Wildman–Crippen MR) is 69.9 cm³/mol. The van der Waals surface area contributed by atoms with Crippen molar-refractivity contribution >= 4 is 22.9 Å². The van der Waals surface area contributed by atoms with Crippen LogP contribution in [0.5, 0.6) is 0 Å². The van der Waals surface area contributed by atoms with Gasteiger partial charge in [-0.05, 0) is 51.9 Å². The highest BCUT2D eigenvalue weighted by atomic mass is 35.5. The second kappa shape index (κ2) is 6.24. The van der Waals surface area contributed by atoms with Gasteiger partial charge in [-0.2, -0.15) is 5.26 Å². The third-order valence-electron chi connectivity index (χ3n) is 2.41. The monoisotopic (exact) mass is 256 g/mol. The molecule has 1 aromatic rings. The van der Waals surface area contributed by atoms with E-state index in [1.54, 1.807) is 11.3 Å². The van der Waals surface area contributed by atoms with Crippen LogP contribution in [0.2, 0.25) is 4.34 Å². The highest BCUT2D eigenvalue weighted by Crippen LogP contribution is 2.21. The van der Waals surface area contributed by atoms with Gasteiger partial charge in [-0.15, -0.1) is 11.3 Å². The Hall–Kier alpha value is -0.560. The molecule has 0 amide bonds. The van der Waals surface area contributed by atoms with Crippen LogP contribution in [0.4, 0.5) is 0 Å². The third kappa shape index (κ3) is 4.98. The SMILES string of the molecule is CC(C)(C#N)CCNCCc1ccc(Cl)s1. The smallest absolute Gasteiger partial charge is 0.0931 e. The summed E-state index contributed by atoms with van der Waals surface area (Å²) in [5.41, 5.74) is -0.223. The summed E-state index contributed by atoms with van der Waals surface area (Å²) in [6.07, 6.45) is 1.89. The zero-order chi connectivity index (χ0) is 12.0. The predicted octanol–water partition coefficient (Wildman–Crippen LogP) is 3.47. The summed E-state index contributed by atoms with van der Waals surface area (Å²) >= 11 is 7.47. The van der Waals surface area contributed by atoms with Crippen molar-refractivity contribution < 1.29 is 0 Å². The molecular weight excluding hydrogens is 240 g/mol. The molecule has 1 N–H and O–H groups in total. The van der Waals surface area contributed by atoms with Crippen LogP contribution in [0.25, 0.3) is 0 Å². The van der Waals surface area contributed by atoms with E-state index >= 15 is 0 Å². The van der Waals surface area contributed by atoms with Crippen molar-refractivity contribution in [2.75, 3.05) is 13.1 Å². The van der Waals surface area contributed by atoms with Crippen molar-refractivity contribution in [1.82, 2.24) is 5.32 Å². The molecule has 16 heavy (non-hydrogen) atoms. The Morgan fingerprint density at radius 3 is 2.75 bits per heavy atom. The lowest BCUT2D eigenvalue weighted by atomic mass is 9.91. The summed E-state index contributed by atoms with van der Waals surface area (Å²) in [4.78, 5) is 1.30. The molecule has 88 valence electrons. The quantitative estimate of drug-likeness (QED) is 0.791. The molecule has 0 saturated carbocycles. The van der Waals surface area contributed by atoms with Crippen LogP contribution in [0.15, 0.2) is 12.1 Å². The zero-order valence-corrected chi connectivity index (χ0v) is 11.3. The van der Waals surface area contributed by atoms with Gasteiger partial charge in [-0.3, -0.25) is 0 Å². The van der Waals surface area contributed by atoms with E-state index in [1.165, 1.54) is 4.88 Å². The largest absolute Gasteiger partial charge is 0.316 e. The fraction of sp³-hybridized carbons (Fsp3) is 0.583. The van der Waals surface area contributed by atoms with Crippen LogP contribution in [-0.4, -0.2) is 13.1 Å². The lowest BCUT2D eigenvalue weighted by Crippen LogP contribution is -2.23. The Kier molecular flexibility index (Phi) is 5.27. The molecule has 0 spiro atoms. The molecule has 0 unspecified atom stereocenters. The minimum absolute atomic E-state index is 0.223. The molecule has 1 rings (SSSR count). The fourth-order valence-electron chi connectivity index (χ4n) is 1.28. The summed E-state index contributed by atoms with van der Waals surface area (Å²) in [7, 11) is 0. The summed E-state index contributed by atoms with van der Waals surface area (Å²) in [6, 6.07) is 6.29. The number of halogens is 1. The maximum Gasteiger partial charge on any atom is 0.0931 e. The van der Waals surface area contributed by atoms with E-state index in [1.807, 2.05) is 19.9 Å². The molecule has 0 aliphatic heterocycles. The Bertz CT molecular complexity index is 365. The molecule has 1 aromatic heterocycles. The molecule has 2 nitrogen and oxygen atoms in total. The van der Waals surface area contributed by atoms with Crippen LogP contribution in [0.3, 0.4) is 0 Å². The van der Waals surface area contributed by atoms with E-state index in [4.69, 9.17) is 16.9 Å². The Morgan fingerprint density at radius 1 is 1.44 bits per heavy atom. The molecule has 0 fully saturated rings. The zero-order valence-electron chi connectivity index (χ0n) is 9.72. The van der Waals surface area contributed by atoms with Crippen molar-refractivity contribution in [3.05, 3.63) is 21.3 Å². The number of nitrogens with zero attached hydrogens (tertiary/aromatic N) is 1. The molecule has 0 aromatic carbocycles. The fourth-order valence-corrected chi connectivity index (χ4v) is 2.37. The Labute approximate surface area is 106 Å². The van der Waals surface area contributed by atoms with E-state index in [0.29, 0.717) is 0 Å². The minimum atomic E-state index is -0.223. The van der Waals surface area contributed by atoms with Gasteiger partial charge in [0, 0.05) is 4.88 Å². The first-order chi connectivity index (χ1) is 7.53.